The quantitative estimate of drug-likeness (QED) is 0.880. The van der Waals surface area contributed by atoms with Crippen molar-refractivity contribution >= 4 is 11.6 Å². The second-order valence-electron chi connectivity index (χ2n) is 5.18. The lowest BCUT2D eigenvalue weighted by atomic mass is 10.1. The molecular formula is C15H16N6O. The molecule has 0 spiro atoms. The molecule has 1 saturated heterocycles. The molecule has 0 aromatic carbocycles. The molecule has 3 heterocycles. The summed E-state index contributed by atoms with van der Waals surface area (Å²) in [6, 6.07) is 5.73. The van der Waals surface area contributed by atoms with E-state index in [1.54, 1.807) is 24.5 Å². The van der Waals surface area contributed by atoms with E-state index in [0.717, 1.165) is 19.4 Å². The first-order valence-corrected chi connectivity index (χ1v) is 7.18. The Morgan fingerprint density at radius 3 is 3.14 bits per heavy atom. The van der Waals surface area contributed by atoms with Gasteiger partial charge in [0, 0.05) is 37.7 Å². The van der Waals surface area contributed by atoms with Crippen molar-refractivity contribution < 1.29 is 0 Å². The van der Waals surface area contributed by atoms with E-state index in [2.05, 4.69) is 26.3 Å². The number of aromatic nitrogens is 3. The Balaban J connectivity index is 1.75. The smallest absolute Gasteiger partial charge is 0.290 e. The molecule has 1 aliphatic rings. The zero-order valence-corrected chi connectivity index (χ0v) is 12.0. The Morgan fingerprint density at radius 2 is 2.32 bits per heavy atom. The number of H-pyrrole nitrogens is 1. The van der Waals surface area contributed by atoms with Gasteiger partial charge in [-0.2, -0.15) is 5.26 Å². The van der Waals surface area contributed by atoms with E-state index in [-0.39, 0.29) is 11.6 Å². The Bertz CT molecular complexity index is 750. The number of rotatable bonds is 3. The Morgan fingerprint density at radius 1 is 1.41 bits per heavy atom. The molecule has 112 valence electrons. The van der Waals surface area contributed by atoms with Crippen molar-refractivity contribution in [1.29, 1.82) is 5.26 Å². The number of piperidine rings is 1. The van der Waals surface area contributed by atoms with Crippen molar-refractivity contribution in [2.75, 3.05) is 23.3 Å². The molecular weight excluding hydrogens is 280 g/mol. The van der Waals surface area contributed by atoms with Crippen molar-refractivity contribution in [2.24, 2.45) is 0 Å². The molecule has 0 saturated carbocycles. The molecule has 2 aromatic heterocycles. The minimum absolute atomic E-state index is 0.122. The fourth-order valence-corrected chi connectivity index (χ4v) is 2.66. The first-order chi connectivity index (χ1) is 10.8. The molecule has 1 fully saturated rings. The molecule has 7 nitrogen and oxygen atoms in total. The van der Waals surface area contributed by atoms with Crippen LogP contribution in [-0.4, -0.2) is 34.1 Å². The lowest BCUT2D eigenvalue weighted by Crippen LogP contribution is -2.44. The number of nitriles is 1. The van der Waals surface area contributed by atoms with E-state index < -0.39 is 0 Å². The van der Waals surface area contributed by atoms with Crippen LogP contribution in [0.1, 0.15) is 18.4 Å². The molecule has 0 bridgehead atoms. The third kappa shape index (κ3) is 2.91. The van der Waals surface area contributed by atoms with E-state index in [9.17, 15) is 4.79 Å². The molecule has 1 unspecified atom stereocenters. The van der Waals surface area contributed by atoms with Gasteiger partial charge in [0.1, 0.15) is 11.9 Å². The van der Waals surface area contributed by atoms with Gasteiger partial charge in [-0.3, -0.25) is 4.79 Å². The summed E-state index contributed by atoms with van der Waals surface area (Å²) < 4.78 is 0. The predicted octanol–water partition coefficient (Wildman–Crippen LogP) is 1.12. The van der Waals surface area contributed by atoms with Crippen molar-refractivity contribution in [2.45, 2.75) is 18.9 Å². The third-order valence-corrected chi connectivity index (χ3v) is 3.68. The van der Waals surface area contributed by atoms with Crippen LogP contribution in [0.4, 0.5) is 11.6 Å². The topological polar surface area (TPSA) is 97.7 Å². The summed E-state index contributed by atoms with van der Waals surface area (Å²) in [7, 11) is 0. The van der Waals surface area contributed by atoms with Crippen LogP contribution in [0.25, 0.3) is 0 Å². The highest BCUT2D eigenvalue weighted by molar-refractivity contribution is 5.52. The zero-order chi connectivity index (χ0) is 15.4. The lowest BCUT2D eigenvalue weighted by molar-refractivity contribution is 0.524. The molecule has 7 heteroatoms. The van der Waals surface area contributed by atoms with Crippen LogP contribution in [0.2, 0.25) is 0 Å². The van der Waals surface area contributed by atoms with E-state index in [1.165, 1.54) is 6.20 Å². The Kier molecular flexibility index (Phi) is 4.01. The molecule has 1 atom stereocenters. The van der Waals surface area contributed by atoms with Crippen LogP contribution in [-0.2, 0) is 0 Å². The highest BCUT2D eigenvalue weighted by atomic mass is 16.1. The van der Waals surface area contributed by atoms with Crippen molar-refractivity contribution in [1.82, 2.24) is 15.0 Å². The molecule has 2 aromatic rings. The predicted molar refractivity (Wildman–Crippen MR) is 82.7 cm³/mol. The van der Waals surface area contributed by atoms with E-state index in [1.807, 2.05) is 4.90 Å². The van der Waals surface area contributed by atoms with Crippen LogP contribution < -0.4 is 15.8 Å². The van der Waals surface area contributed by atoms with Gasteiger partial charge in [-0.25, -0.2) is 9.97 Å². The Labute approximate surface area is 127 Å². The van der Waals surface area contributed by atoms with Gasteiger partial charge in [0.2, 0.25) is 0 Å². The van der Waals surface area contributed by atoms with Gasteiger partial charge in [0.05, 0.1) is 5.56 Å². The summed E-state index contributed by atoms with van der Waals surface area (Å²) in [6.07, 6.45) is 6.68. The van der Waals surface area contributed by atoms with Crippen molar-refractivity contribution in [3.05, 3.63) is 46.6 Å². The van der Waals surface area contributed by atoms with E-state index in [4.69, 9.17) is 5.26 Å². The molecule has 22 heavy (non-hydrogen) atoms. The molecule has 1 aliphatic heterocycles. The first kappa shape index (κ1) is 14.1. The molecule has 0 amide bonds. The van der Waals surface area contributed by atoms with Gasteiger partial charge in [-0.15, -0.1) is 0 Å². The molecule has 0 radical (unpaired) electrons. The maximum absolute atomic E-state index is 11.8. The number of hydrogen-bond acceptors (Lipinski definition) is 6. The maximum atomic E-state index is 11.8. The minimum Gasteiger partial charge on any atom is -0.364 e. The summed E-state index contributed by atoms with van der Waals surface area (Å²) >= 11 is 0. The number of aromatic amines is 1. The summed E-state index contributed by atoms with van der Waals surface area (Å²) in [4.78, 5) is 24.8. The first-order valence-electron chi connectivity index (χ1n) is 7.18. The standard InChI is InChI=1S/C15H16N6O/c16-9-11-3-1-5-17-13(11)20-12-4-2-8-21(10-12)14-15(22)19-7-6-18-14/h1,3,5-7,12H,2,4,8,10H2,(H,17,20)(H,19,22). The summed E-state index contributed by atoms with van der Waals surface area (Å²) in [5.74, 6) is 1.03. The van der Waals surface area contributed by atoms with Crippen LogP contribution >= 0.6 is 0 Å². The van der Waals surface area contributed by atoms with Crippen molar-refractivity contribution in [3.8, 4) is 6.07 Å². The fraction of sp³-hybridized carbons (Fsp3) is 0.333. The monoisotopic (exact) mass is 296 g/mol. The molecule has 3 rings (SSSR count). The highest BCUT2D eigenvalue weighted by Crippen LogP contribution is 2.19. The van der Waals surface area contributed by atoms with Gasteiger partial charge < -0.3 is 15.2 Å². The summed E-state index contributed by atoms with van der Waals surface area (Å²) in [6.45, 7) is 1.45. The number of hydrogen-bond donors (Lipinski definition) is 2. The lowest BCUT2D eigenvalue weighted by Gasteiger charge is -2.33. The largest absolute Gasteiger partial charge is 0.364 e. The van der Waals surface area contributed by atoms with Gasteiger partial charge in [0.25, 0.3) is 5.56 Å². The second-order valence-corrected chi connectivity index (χ2v) is 5.18. The van der Waals surface area contributed by atoms with Crippen LogP contribution in [0.5, 0.6) is 0 Å². The van der Waals surface area contributed by atoms with Crippen LogP contribution in [0, 0.1) is 11.3 Å². The average Bonchev–Trinajstić information content (AvgIpc) is 2.56. The maximum Gasteiger partial charge on any atom is 0.290 e. The number of anilines is 2. The van der Waals surface area contributed by atoms with Crippen molar-refractivity contribution in [3.63, 3.8) is 0 Å². The van der Waals surface area contributed by atoms with Gasteiger partial charge >= 0.3 is 0 Å². The number of nitrogens with zero attached hydrogens (tertiary/aromatic N) is 4. The van der Waals surface area contributed by atoms with Gasteiger partial charge in [-0.05, 0) is 25.0 Å². The van der Waals surface area contributed by atoms with E-state index >= 15 is 0 Å². The van der Waals surface area contributed by atoms with Gasteiger partial charge in [-0.1, -0.05) is 0 Å². The number of pyridine rings is 1. The minimum atomic E-state index is -0.182. The molecule has 0 aliphatic carbocycles. The number of nitrogens with one attached hydrogen (secondary N) is 2. The second kappa shape index (κ2) is 6.26. The SMILES string of the molecule is N#Cc1cccnc1NC1CCCN(c2ncc[nH]c2=O)C1. The summed E-state index contributed by atoms with van der Waals surface area (Å²) in [5.41, 5.74) is 0.342. The third-order valence-electron chi connectivity index (χ3n) is 3.68. The highest BCUT2D eigenvalue weighted by Gasteiger charge is 2.23. The summed E-state index contributed by atoms with van der Waals surface area (Å²) in [5, 5.41) is 12.4. The molecule has 2 N–H and O–H groups in total. The van der Waals surface area contributed by atoms with E-state index in [0.29, 0.717) is 23.7 Å². The Hall–Kier alpha value is -2.88. The van der Waals surface area contributed by atoms with Crippen LogP contribution in [0.15, 0.2) is 35.5 Å². The zero-order valence-electron chi connectivity index (χ0n) is 12.0. The fourth-order valence-electron chi connectivity index (χ4n) is 2.66. The van der Waals surface area contributed by atoms with Crippen LogP contribution in [0.3, 0.4) is 0 Å². The average molecular weight is 296 g/mol. The van der Waals surface area contributed by atoms with Gasteiger partial charge in [0.15, 0.2) is 5.82 Å². The normalized spacial score (nSPS) is 17.8.